The lowest BCUT2D eigenvalue weighted by Gasteiger charge is -2.03. The minimum atomic E-state index is -1.40. The molecule has 12 heteroatoms. The molecule has 0 heterocycles. The summed E-state index contributed by atoms with van der Waals surface area (Å²) in [4.78, 5) is 20.5. The lowest BCUT2D eigenvalue weighted by molar-refractivity contribution is -0.385. The fraction of sp³-hybridized carbons (Fsp3) is 0. The highest BCUT2D eigenvalue weighted by Crippen LogP contribution is 2.32. The van der Waals surface area contributed by atoms with Gasteiger partial charge in [0.1, 0.15) is 11.5 Å². The van der Waals surface area contributed by atoms with Gasteiger partial charge in [-0.05, 0) is 52.4 Å². The van der Waals surface area contributed by atoms with Crippen LogP contribution in [0.2, 0.25) is 0 Å². The van der Waals surface area contributed by atoms with Gasteiger partial charge in [0.2, 0.25) is 0 Å². The van der Waals surface area contributed by atoms with Crippen LogP contribution in [0.5, 0.6) is 0 Å². The van der Waals surface area contributed by atoms with Crippen LogP contribution in [-0.4, -0.2) is 27.0 Å². The van der Waals surface area contributed by atoms with Crippen molar-refractivity contribution in [1.29, 1.82) is 0 Å². The maximum Gasteiger partial charge on any atom is 0.526 e. The number of rotatable bonds is 4. The van der Waals surface area contributed by atoms with Crippen LogP contribution in [0.15, 0.2) is 105 Å². The Bertz CT molecular complexity index is 1320. The summed E-state index contributed by atoms with van der Waals surface area (Å²) in [7, 11) is -1.40. The van der Waals surface area contributed by atoms with Gasteiger partial charge in [-0.25, -0.2) is 0 Å². The predicted molar refractivity (Wildman–Crippen MR) is 155 cm³/mol. The van der Waals surface area contributed by atoms with Crippen LogP contribution in [0.4, 0.5) is 11.4 Å². The molecule has 0 saturated carbocycles. The Labute approximate surface area is 237 Å². The van der Waals surface area contributed by atoms with E-state index in [1.54, 1.807) is 48.6 Å². The number of nitrogens with zero attached hydrogens (tertiary/aromatic N) is 2. The van der Waals surface area contributed by atoms with Gasteiger partial charge in [-0.15, -0.1) is 0 Å². The van der Waals surface area contributed by atoms with Gasteiger partial charge in [0.15, 0.2) is 0 Å². The highest BCUT2D eigenvalue weighted by atomic mass is 127. The average molecular weight is 727 g/mol. The third kappa shape index (κ3) is 9.38. The standard InChI is InChI=1S/C12H8BrNO2.C6H6BO2.C6H3BrINO2/c13-10-6-7-11(12(8-10)14(15)16)9-4-2-1-3-5-9;8-7(9)6-4-2-1-3-5-6;7-4-1-2-5(8)6(3-4)9(10)11/h1-8H;1-4,8-9H;1-3H/q;+1;. The lowest BCUT2D eigenvalue weighted by atomic mass is 9.78. The van der Waals surface area contributed by atoms with E-state index in [0.29, 0.717) is 19.1 Å². The molecule has 0 aliphatic heterocycles. The monoisotopic (exact) mass is 725 g/mol. The zero-order valence-electron chi connectivity index (χ0n) is 18.3. The molecule has 0 aromatic heterocycles. The smallest absolute Gasteiger partial charge is 0.421 e. The fourth-order valence-electron chi connectivity index (χ4n) is 2.71. The Balaban J connectivity index is 0.000000200. The van der Waals surface area contributed by atoms with Gasteiger partial charge in [0.05, 0.1) is 19.0 Å². The van der Waals surface area contributed by atoms with Crippen molar-refractivity contribution in [2.75, 3.05) is 0 Å². The van der Waals surface area contributed by atoms with E-state index in [1.165, 1.54) is 12.1 Å². The van der Waals surface area contributed by atoms with E-state index in [0.717, 1.165) is 10.0 Å². The van der Waals surface area contributed by atoms with Crippen molar-refractivity contribution in [3.8, 4) is 11.1 Å². The van der Waals surface area contributed by atoms with E-state index in [1.807, 2.05) is 52.9 Å². The molecule has 0 atom stereocenters. The van der Waals surface area contributed by atoms with Crippen molar-refractivity contribution in [2.24, 2.45) is 0 Å². The van der Waals surface area contributed by atoms with Gasteiger partial charge in [-0.1, -0.05) is 62.2 Å². The predicted octanol–water partition coefficient (Wildman–Crippen LogP) is 6.84. The van der Waals surface area contributed by atoms with Crippen LogP contribution in [0.25, 0.3) is 11.1 Å². The van der Waals surface area contributed by atoms with Crippen molar-refractivity contribution in [3.63, 3.8) is 0 Å². The first-order valence-electron chi connectivity index (χ1n) is 10.0. The van der Waals surface area contributed by atoms with E-state index in [-0.39, 0.29) is 16.3 Å². The summed E-state index contributed by atoms with van der Waals surface area (Å²) in [6.45, 7) is 0. The molecule has 182 valence electrons. The third-order valence-corrected chi connectivity index (χ3v) is 6.26. The van der Waals surface area contributed by atoms with Gasteiger partial charge < -0.3 is 10.0 Å². The number of halogens is 3. The Morgan fingerprint density at radius 1 is 0.833 bits per heavy atom. The second kappa shape index (κ2) is 14.7. The maximum absolute atomic E-state index is 10.9. The molecule has 1 aliphatic rings. The molecule has 8 nitrogen and oxygen atoms in total. The van der Waals surface area contributed by atoms with E-state index in [9.17, 15) is 20.2 Å². The number of hydrogen-bond donors (Lipinski definition) is 2. The molecule has 3 aromatic rings. The number of nitro groups is 2. The molecule has 36 heavy (non-hydrogen) atoms. The minimum Gasteiger partial charge on any atom is -0.421 e. The Morgan fingerprint density at radius 2 is 1.42 bits per heavy atom. The van der Waals surface area contributed by atoms with Crippen LogP contribution in [0.3, 0.4) is 0 Å². The zero-order valence-corrected chi connectivity index (χ0v) is 23.6. The van der Waals surface area contributed by atoms with Crippen molar-refractivity contribution in [3.05, 3.63) is 135 Å². The maximum atomic E-state index is 10.9. The lowest BCUT2D eigenvalue weighted by Crippen LogP contribution is -2.14. The van der Waals surface area contributed by atoms with Gasteiger partial charge in [-0.3, -0.25) is 20.2 Å². The minimum absolute atomic E-state index is 0.112. The summed E-state index contributed by atoms with van der Waals surface area (Å²) in [6, 6.07) is 19.3. The normalized spacial score (nSPS) is 11.1. The van der Waals surface area contributed by atoms with E-state index < -0.39 is 12.0 Å². The van der Waals surface area contributed by atoms with Crippen LogP contribution in [0, 0.1) is 29.9 Å². The Kier molecular flexibility index (Phi) is 12.1. The summed E-state index contributed by atoms with van der Waals surface area (Å²) in [5.74, 6) is 0. The van der Waals surface area contributed by atoms with Crippen molar-refractivity contribution in [2.45, 2.75) is 0 Å². The van der Waals surface area contributed by atoms with Crippen molar-refractivity contribution >= 4 is 72.9 Å². The molecule has 3 aromatic carbocycles. The van der Waals surface area contributed by atoms with E-state index >= 15 is 0 Å². The molecule has 2 N–H and O–H groups in total. The molecule has 4 rings (SSSR count). The van der Waals surface area contributed by atoms with Crippen molar-refractivity contribution in [1.82, 2.24) is 0 Å². The Hall–Kier alpha value is -2.74. The second-order valence-electron chi connectivity index (χ2n) is 6.83. The molecular weight excluding hydrogens is 710 g/mol. The second-order valence-corrected chi connectivity index (χ2v) is 9.82. The van der Waals surface area contributed by atoms with Gasteiger partial charge in [0, 0.05) is 45.4 Å². The third-order valence-electron chi connectivity index (χ3n) is 4.36. The number of nitro benzene ring substituents is 2. The molecule has 0 unspecified atom stereocenters. The van der Waals surface area contributed by atoms with Crippen LogP contribution < -0.4 is 0 Å². The SMILES string of the molecule is O=[N+]([O-])c1cc(Br)ccc1-c1ccccc1.O=[N+]([O-])c1cc(Br)ccc1I.OB(O)C1=CC=CC=[C+]1. The highest BCUT2D eigenvalue weighted by Gasteiger charge is 2.19. The molecule has 0 radical (unpaired) electrons. The average Bonchev–Trinajstić information content (AvgIpc) is 2.87. The topological polar surface area (TPSA) is 127 Å². The van der Waals surface area contributed by atoms with Gasteiger partial charge in [-0.2, -0.15) is 0 Å². The summed E-state index contributed by atoms with van der Waals surface area (Å²) in [5, 5.41) is 38.4. The fourth-order valence-corrected chi connectivity index (χ4v) is 3.94. The summed E-state index contributed by atoms with van der Waals surface area (Å²) >= 11 is 8.32. The van der Waals surface area contributed by atoms with Crippen molar-refractivity contribution < 1.29 is 19.9 Å². The van der Waals surface area contributed by atoms with E-state index in [2.05, 4.69) is 37.9 Å². The first-order chi connectivity index (χ1) is 17.1. The largest absolute Gasteiger partial charge is 0.526 e. The van der Waals surface area contributed by atoms with Gasteiger partial charge in [0.25, 0.3) is 11.4 Å². The number of hydrogen-bond acceptors (Lipinski definition) is 6. The summed E-state index contributed by atoms with van der Waals surface area (Å²) in [5.41, 5.74) is 2.13. The van der Waals surface area contributed by atoms with E-state index in [4.69, 9.17) is 10.0 Å². The van der Waals surface area contributed by atoms with Crippen LogP contribution in [-0.2, 0) is 0 Å². The number of benzene rings is 3. The molecule has 0 bridgehead atoms. The molecule has 1 aliphatic carbocycles. The molecule has 0 fully saturated rings. The summed E-state index contributed by atoms with van der Waals surface area (Å²) in [6.07, 6.45) is 9.40. The molecule has 0 saturated heterocycles. The first-order valence-corrected chi connectivity index (χ1v) is 12.7. The summed E-state index contributed by atoms with van der Waals surface area (Å²) < 4.78 is 2.08. The zero-order chi connectivity index (χ0) is 26.7. The highest BCUT2D eigenvalue weighted by molar-refractivity contribution is 14.1. The van der Waals surface area contributed by atoms with Crippen LogP contribution in [0.1, 0.15) is 0 Å². The molecular formula is C24H17BBr2IN2O6+. The quantitative estimate of drug-likeness (QED) is 0.0997. The molecule has 0 amide bonds. The Morgan fingerprint density at radius 3 is 1.89 bits per heavy atom. The van der Waals surface area contributed by atoms with Gasteiger partial charge >= 0.3 is 7.12 Å². The number of allylic oxidation sites excluding steroid dienone is 6. The van der Waals surface area contributed by atoms with Crippen LogP contribution >= 0.6 is 54.5 Å². The molecule has 0 spiro atoms. The first kappa shape index (κ1) is 29.5.